The van der Waals surface area contributed by atoms with E-state index in [4.69, 9.17) is 4.74 Å². The predicted octanol–water partition coefficient (Wildman–Crippen LogP) is 0.351. The number of carbonyl (C=O) groups is 2. The van der Waals surface area contributed by atoms with Crippen LogP contribution >= 0.6 is 11.5 Å². The number of nitrogens with zero attached hydrogens (tertiary/aromatic N) is 4. The zero-order chi connectivity index (χ0) is 19.4. The molecular formula is C15H16N5O5S2-. The number of nitrogens with one attached hydrogen (secondary N) is 1. The van der Waals surface area contributed by atoms with Crippen LogP contribution in [0.4, 0.5) is 5.69 Å². The first kappa shape index (κ1) is 19.2. The van der Waals surface area contributed by atoms with Crippen LogP contribution < -0.4 is 9.46 Å². The second-order valence-electron chi connectivity index (χ2n) is 5.63. The minimum Gasteiger partial charge on any atom is -0.755 e. The molecule has 12 heteroatoms. The van der Waals surface area contributed by atoms with Gasteiger partial charge in [-0.1, -0.05) is 4.49 Å². The maximum Gasteiger partial charge on any atom is 0.275 e. The number of benzene rings is 1. The Bertz CT molecular complexity index is 852. The number of methoxy groups -OCH3 is 1. The molecule has 1 aliphatic heterocycles. The molecule has 0 radical (unpaired) electrons. The summed E-state index contributed by atoms with van der Waals surface area (Å²) in [6, 6.07) is 4.48. The number of hydrogen-bond acceptors (Lipinski definition) is 8. The number of hydrogen-bond donors (Lipinski definition) is 1. The van der Waals surface area contributed by atoms with Crippen LogP contribution in [0.3, 0.4) is 0 Å². The van der Waals surface area contributed by atoms with E-state index < -0.39 is 11.3 Å². The topological polar surface area (TPSA) is 128 Å². The van der Waals surface area contributed by atoms with Gasteiger partial charge in [0.25, 0.3) is 11.8 Å². The third-order valence-corrected chi connectivity index (χ3v) is 4.97. The molecule has 2 aromatic rings. The second kappa shape index (κ2) is 8.41. The average molecular weight is 410 g/mol. The highest BCUT2D eigenvalue weighted by molar-refractivity contribution is 7.80. The van der Waals surface area contributed by atoms with Gasteiger partial charge in [-0.25, -0.2) is 0 Å². The first-order valence-electron chi connectivity index (χ1n) is 7.89. The van der Waals surface area contributed by atoms with Gasteiger partial charge in [-0.3, -0.25) is 13.8 Å². The molecule has 1 aromatic carbocycles. The van der Waals surface area contributed by atoms with E-state index in [1.807, 2.05) is 0 Å². The Balaban J connectivity index is 1.65. The predicted molar refractivity (Wildman–Crippen MR) is 97.3 cm³/mol. The monoisotopic (exact) mass is 410 g/mol. The summed E-state index contributed by atoms with van der Waals surface area (Å²) in [5.74, 6) is -0.168. The van der Waals surface area contributed by atoms with Gasteiger partial charge in [-0.2, -0.15) is 0 Å². The number of piperazine rings is 1. The third-order valence-electron chi connectivity index (χ3n) is 4.08. The molecule has 144 valence electrons. The highest BCUT2D eigenvalue weighted by Gasteiger charge is 2.27. The summed E-state index contributed by atoms with van der Waals surface area (Å²) in [6.45, 7) is 1.56. The first-order chi connectivity index (χ1) is 13.0. The van der Waals surface area contributed by atoms with Gasteiger partial charge in [0.15, 0.2) is 5.69 Å². The molecular weight excluding hydrogens is 394 g/mol. The Morgan fingerprint density at radius 1 is 1.22 bits per heavy atom. The Morgan fingerprint density at radius 3 is 2.44 bits per heavy atom. The van der Waals surface area contributed by atoms with Crippen LogP contribution in [0, 0.1) is 0 Å². The zero-order valence-electron chi connectivity index (χ0n) is 14.3. The van der Waals surface area contributed by atoms with Crippen molar-refractivity contribution in [3.8, 4) is 5.75 Å². The quantitative estimate of drug-likeness (QED) is 0.705. The second-order valence-corrected chi connectivity index (χ2v) is 6.91. The fraction of sp³-hybridized carbons (Fsp3) is 0.333. The first-order valence-corrected chi connectivity index (χ1v) is 9.80. The molecule has 1 unspecified atom stereocenters. The van der Waals surface area contributed by atoms with Gasteiger partial charge >= 0.3 is 0 Å². The number of rotatable bonds is 5. The van der Waals surface area contributed by atoms with E-state index >= 15 is 0 Å². The number of carbonyl (C=O) groups excluding carboxylic acids is 2. The van der Waals surface area contributed by atoms with Crippen LogP contribution in [0.25, 0.3) is 0 Å². The van der Waals surface area contributed by atoms with Crippen molar-refractivity contribution in [2.45, 2.75) is 0 Å². The fourth-order valence-corrected chi connectivity index (χ4v) is 3.49. The summed E-state index contributed by atoms with van der Waals surface area (Å²) < 4.78 is 32.6. The van der Waals surface area contributed by atoms with Crippen LogP contribution in [0.2, 0.25) is 0 Å². The van der Waals surface area contributed by atoms with Crippen molar-refractivity contribution in [3.05, 3.63) is 34.8 Å². The lowest BCUT2D eigenvalue weighted by atomic mass is 10.1. The van der Waals surface area contributed by atoms with E-state index in [-0.39, 0.29) is 23.3 Å². The minimum absolute atomic E-state index is 0.196. The van der Waals surface area contributed by atoms with Gasteiger partial charge in [0.05, 0.1) is 12.8 Å². The van der Waals surface area contributed by atoms with Crippen molar-refractivity contribution in [2.24, 2.45) is 0 Å². The molecule has 1 N–H and O–H groups in total. The molecule has 27 heavy (non-hydrogen) atoms. The Morgan fingerprint density at radius 2 is 1.89 bits per heavy atom. The van der Waals surface area contributed by atoms with Gasteiger partial charge in [-0.15, -0.1) is 5.10 Å². The molecule has 1 aromatic heterocycles. The van der Waals surface area contributed by atoms with Crippen molar-refractivity contribution in [2.75, 3.05) is 38.0 Å². The number of amides is 2. The smallest absolute Gasteiger partial charge is 0.275 e. The number of anilines is 1. The maximum atomic E-state index is 12.7. The Kier molecular flexibility index (Phi) is 5.98. The lowest BCUT2D eigenvalue weighted by Gasteiger charge is -2.34. The molecule has 0 saturated carbocycles. The van der Waals surface area contributed by atoms with Gasteiger partial charge in [0, 0.05) is 48.4 Å². The molecule has 1 saturated heterocycles. The van der Waals surface area contributed by atoms with Crippen molar-refractivity contribution in [1.82, 2.24) is 19.4 Å². The van der Waals surface area contributed by atoms with Gasteiger partial charge in [0.2, 0.25) is 0 Å². The van der Waals surface area contributed by atoms with Gasteiger partial charge in [-0.05, 0) is 29.7 Å². The number of aromatic nitrogens is 2. The van der Waals surface area contributed by atoms with Crippen LogP contribution in [-0.2, 0) is 11.3 Å². The van der Waals surface area contributed by atoms with Crippen molar-refractivity contribution in [1.29, 1.82) is 0 Å². The molecule has 1 aliphatic rings. The molecule has 1 fully saturated rings. The van der Waals surface area contributed by atoms with E-state index in [0.717, 1.165) is 11.5 Å². The van der Waals surface area contributed by atoms with E-state index in [1.54, 1.807) is 15.2 Å². The molecule has 2 heterocycles. The highest BCUT2D eigenvalue weighted by atomic mass is 32.2. The van der Waals surface area contributed by atoms with Crippen LogP contribution in [0.1, 0.15) is 20.8 Å². The molecule has 3 rings (SSSR count). The van der Waals surface area contributed by atoms with Crippen molar-refractivity contribution < 1.29 is 23.1 Å². The molecule has 10 nitrogen and oxygen atoms in total. The largest absolute Gasteiger partial charge is 0.755 e. The molecule has 0 bridgehead atoms. The summed E-state index contributed by atoms with van der Waals surface area (Å²) in [5.41, 5.74) is 0.926. The summed E-state index contributed by atoms with van der Waals surface area (Å²) in [4.78, 5) is 28.3. The van der Waals surface area contributed by atoms with Crippen molar-refractivity contribution in [3.63, 3.8) is 0 Å². The molecule has 0 spiro atoms. The van der Waals surface area contributed by atoms with Crippen LogP contribution in [0.5, 0.6) is 5.75 Å². The van der Waals surface area contributed by atoms with Gasteiger partial charge < -0.3 is 23.8 Å². The lowest BCUT2D eigenvalue weighted by Crippen LogP contribution is -2.50. The zero-order valence-corrected chi connectivity index (χ0v) is 15.9. The normalized spacial score (nSPS) is 15.3. The lowest BCUT2D eigenvalue weighted by molar-refractivity contribution is 0.0532. The fourth-order valence-electron chi connectivity index (χ4n) is 2.71. The molecule has 0 aliphatic carbocycles. The van der Waals surface area contributed by atoms with Crippen LogP contribution in [-0.4, -0.2) is 73.3 Å². The van der Waals surface area contributed by atoms with E-state index in [2.05, 4.69) is 14.3 Å². The summed E-state index contributed by atoms with van der Waals surface area (Å²) in [7, 11) is 1.39. The van der Waals surface area contributed by atoms with E-state index in [0.29, 0.717) is 37.4 Å². The van der Waals surface area contributed by atoms with E-state index in [9.17, 15) is 18.4 Å². The van der Waals surface area contributed by atoms with Gasteiger partial charge in [0.1, 0.15) is 5.75 Å². The molecule has 1 atom stereocenters. The third kappa shape index (κ3) is 4.40. The average Bonchev–Trinajstić information content (AvgIpc) is 3.21. The standard InChI is InChI=1S/C15H17N5O5S2/c1-25-13-8-10(2-3-11(13)17-27(23)24)14(21)19-4-6-20(7-5-19)15(22)12-9-26-18-16-12/h2-3,8-9,17H,4-7H2,1H3,(H,23,24)/p-1. The maximum absolute atomic E-state index is 12.7. The SMILES string of the molecule is COc1cc(C(=O)N2CCN(C(=O)c3csnn3)CC2)ccc1NS(=O)[O-]. The summed E-state index contributed by atoms with van der Waals surface area (Å²) >= 11 is -1.38. The molecule has 2 amide bonds. The Hall–Kier alpha value is -2.57. The Labute approximate surface area is 161 Å². The summed E-state index contributed by atoms with van der Waals surface area (Å²) in [5, 5.41) is 5.37. The van der Waals surface area contributed by atoms with Crippen LogP contribution in [0.15, 0.2) is 23.6 Å². The minimum atomic E-state index is -2.49. The summed E-state index contributed by atoms with van der Waals surface area (Å²) in [6.07, 6.45) is 0. The van der Waals surface area contributed by atoms with Crippen molar-refractivity contribution >= 4 is 40.3 Å². The number of ether oxygens (including phenoxy) is 1. The van der Waals surface area contributed by atoms with E-state index in [1.165, 1.54) is 25.3 Å². The highest BCUT2D eigenvalue weighted by Crippen LogP contribution is 2.26.